The Morgan fingerprint density at radius 2 is 1.87 bits per heavy atom. The van der Waals surface area contributed by atoms with E-state index in [0.29, 0.717) is 0 Å². The van der Waals surface area contributed by atoms with Crippen molar-refractivity contribution in [3.63, 3.8) is 0 Å². The minimum absolute atomic E-state index is 0.0780. The number of aliphatic hydroxyl groups is 1. The maximum Gasteiger partial charge on any atom is 0.0826 e. The van der Waals surface area contributed by atoms with Crippen molar-refractivity contribution in [3.05, 3.63) is 53.6 Å². The van der Waals surface area contributed by atoms with Crippen LogP contribution in [0.2, 0.25) is 0 Å². The zero-order valence-corrected chi connectivity index (χ0v) is 8.56. The number of rotatable bonds is 0. The summed E-state index contributed by atoms with van der Waals surface area (Å²) in [6.45, 7) is 0. The molecule has 0 fully saturated rings. The van der Waals surface area contributed by atoms with Gasteiger partial charge in [0.15, 0.2) is 0 Å². The van der Waals surface area contributed by atoms with Gasteiger partial charge in [-0.3, -0.25) is 0 Å². The molecule has 3 rings (SSSR count). The fourth-order valence-electron chi connectivity index (χ4n) is 2.77. The lowest BCUT2D eigenvalue weighted by atomic mass is 9.69. The molecule has 0 aromatic heterocycles. The van der Waals surface area contributed by atoms with Crippen LogP contribution in [0.4, 0.5) is 0 Å². The number of hydrogen-bond acceptors (Lipinski definition) is 1. The molecule has 2 aliphatic carbocycles. The molecule has 0 heterocycles. The van der Waals surface area contributed by atoms with Crippen molar-refractivity contribution in [2.75, 3.05) is 0 Å². The fraction of sp³-hybridized carbons (Fsp3) is 0.286. The average molecular weight is 198 g/mol. The maximum absolute atomic E-state index is 10.2. The zero-order valence-electron chi connectivity index (χ0n) is 8.56. The van der Waals surface area contributed by atoms with Crippen molar-refractivity contribution in [2.45, 2.75) is 24.4 Å². The van der Waals surface area contributed by atoms with Gasteiger partial charge < -0.3 is 5.11 Å². The molecule has 1 spiro atoms. The number of fused-ring (bicyclic) bond motifs is 2. The first-order valence-corrected chi connectivity index (χ1v) is 5.44. The van der Waals surface area contributed by atoms with Gasteiger partial charge >= 0.3 is 0 Å². The summed E-state index contributed by atoms with van der Waals surface area (Å²) in [6, 6.07) is 8.38. The highest BCUT2D eigenvalue weighted by Gasteiger charge is 2.41. The van der Waals surface area contributed by atoms with Crippen LogP contribution >= 0.6 is 0 Å². The van der Waals surface area contributed by atoms with Gasteiger partial charge in [0.2, 0.25) is 0 Å². The summed E-state index contributed by atoms with van der Waals surface area (Å²) < 4.78 is 0. The van der Waals surface area contributed by atoms with E-state index in [1.165, 1.54) is 11.1 Å². The van der Waals surface area contributed by atoms with Crippen molar-refractivity contribution in [1.29, 1.82) is 0 Å². The first-order valence-electron chi connectivity index (χ1n) is 5.44. The Hall–Kier alpha value is -1.34. The second-order valence-electron chi connectivity index (χ2n) is 4.43. The lowest BCUT2D eigenvalue weighted by molar-refractivity contribution is 0.127. The summed E-state index contributed by atoms with van der Waals surface area (Å²) in [4.78, 5) is 0. The van der Waals surface area contributed by atoms with Gasteiger partial charge in [-0.05, 0) is 24.0 Å². The molecule has 0 amide bonds. The molecule has 0 saturated heterocycles. The Labute approximate surface area is 89.8 Å². The maximum atomic E-state index is 10.2. The molecule has 0 aliphatic heterocycles. The topological polar surface area (TPSA) is 20.2 Å². The highest BCUT2D eigenvalue weighted by atomic mass is 16.3. The molecule has 1 aromatic rings. The molecule has 15 heavy (non-hydrogen) atoms. The largest absolute Gasteiger partial charge is 0.388 e. The summed E-state index contributed by atoms with van der Waals surface area (Å²) in [7, 11) is 0. The highest BCUT2D eigenvalue weighted by molar-refractivity contribution is 5.61. The summed E-state index contributed by atoms with van der Waals surface area (Å²) in [5.74, 6) is 0. The fourth-order valence-corrected chi connectivity index (χ4v) is 2.77. The zero-order chi connectivity index (χ0) is 10.3. The standard InChI is InChI=1S/C14H14O/c15-13-8-7-11-5-1-2-6-12(11)14(13)9-3-4-10-14/h1-8,13,15H,9-10H2/t13-/m1/s1. The van der Waals surface area contributed by atoms with Crippen molar-refractivity contribution >= 4 is 6.08 Å². The molecule has 1 nitrogen and oxygen atoms in total. The van der Waals surface area contributed by atoms with Gasteiger partial charge in [-0.15, -0.1) is 0 Å². The molecule has 0 radical (unpaired) electrons. The Morgan fingerprint density at radius 1 is 1.13 bits per heavy atom. The molecular weight excluding hydrogens is 184 g/mol. The molecule has 0 bridgehead atoms. The van der Waals surface area contributed by atoms with Crippen LogP contribution in [-0.2, 0) is 5.41 Å². The number of aliphatic hydroxyl groups excluding tert-OH is 1. The van der Waals surface area contributed by atoms with Gasteiger partial charge in [0.05, 0.1) is 6.10 Å². The van der Waals surface area contributed by atoms with Gasteiger partial charge in [0.1, 0.15) is 0 Å². The van der Waals surface area contributed by atoms with Crippen molar-refractivity contribution in [3.8, 4) is 0 Å². The second kappa shape index (κ2) is 3.07. The van der Waals surface area contributed by atoms with E-state index >= 15 is 0 Å². The van der Waals surface area contributed by atoms with E-state index < -0.39 is 0 Å². The lowest BCUT2D eigenvalue weighted by Crippen LogP contribution is -2.38. The third kappa shape index (κ3) is 1.13. The molecular formula is C14H14O. The normalized spacial score (nSPS) is 25.8. The molecule has 1 heteroatoms. The first kappa shape index (κ1) is 8.93. The third-order valence-electron chi connectivity index (χ3n) is 3.65. The van der Waals surface area contributed by atoms with E-state index in [4.69, 9.17) is 0 Å². The van der Waals surface area contributed by atoms with Crippen LogP contribution in [0.5, 0.6) is 0 Å². The monoisotopic (exact) mass is 198 g/mol. The number of hydrogen-bond donors (Lipinski definition) is 1. The first-order chi connectivity index (χ1) is 7.33. The van der Waals surface area contributed by atoms with E-state index in [1.807, 2.05) is 12.2 Å². The Balaban J connectivity index is 2.19. The van der Waals surface area contributed by atoms with Crippen molar-refractivity contribution in [1.82, 2.24) is 0 Å². The van der Waals surface area contributed by atoms with Crippen LogP contribution < -0.4 is 0 Å². The van der Waals surface area contributed by atoms with E-state index in [-0.39, 0.29) is 11.5 Å². The van der Waals surface area contributed by atoms with E-state index in [9.17, 15) is 5.11 Å². The van der Waals surface area contributed by atoms with Crippen molar-refractivity contribution in [2.24, 2.45) is 0 Å². The number of benzene rings is 1. The van der Waals surface area contributed by atoms with Gasteiger partial charge in [0, 0.05) is 5.41 Å². The summed E-state index contributed by atoms with van der Waals surface area (Å²) in [5.41, 5.74) is 2.47. The molecule has 0 unspecified atom stereocenters. The van der Waals surface area contributed by atoms with E-state index in [1.54, 1.807) is 0 Å². The van der Waals surface area contributed by atoms with Crippen LogP contribution in [0.1, 0.15) is 24.0 Å². The second-order valence-corrected chi connectivity index (χ2v) is 4.43. The molecule has 0 saturated carbocycles. The summed E-state index contributed by atoms with van der Waals surface area (Å²) >= 11 is 0. The summed E-state index contributed by atoms with van der Waals surface area (Å²) in [6.07, 6.45) is 9.88. The molecule has 1 aromatic carbocycles. The van der Waals surface area contributed by atoms with Crippen LogP contribution in [0.15, 0.2) is 42.5 Å². The predicted molar refractivity (Wildman–Crippen MR) is 61.5 cm³/mol. The quantitative estimate of drug-likeness (QED) is 0.635. The van der Waals surface area contributed by atoms with Gasteiger partial charge in [-0.2, -0.15) is 0 Å². The highest BCUT2D eigenvalue weighted by Crippen LogP contribution is 2.44. The van der Waals surface area contributed by atoms with Crippen LogP contribution in [0, 0.1) is 0 Å². The Kier molecular flexibility index (Phi) is 1.83. The Bertz CT molecular complexity index is 434. The van der Waals surface area contributed by atoms with Gasteiger partial charge in [-0.25, -0.2) is 0 Å². The molecule has 2 aliphatic rings. The van der Waals surface area contributed by atoms with Gasteiger partial charge in [0.25, 0.3) is 0 Å². The van der Waals surface area contributed by atoms with Crippen LogP contribution in [0.3, 0.4) is 0 Å². The third-order valence-corrected chi connectivity index (χ3v) is 3.65. The molecule has 76 valence electrons. The van der Waals surface area contributed by atoms with E-state index in [2.05, 4.69) is 36.4 Å². The van der Waals surface area contributed by atoms with Gasteiger partial charge in [-0.1, -0.05) is 48.6 Å². The Morgan fingerprint density at radius 3 is 2.67 bits per heavy atom. The predicted octanol–water partition coefficient (Wildman–Crippen LogP) is 2.66. The van der Waals surface area contributed by atoms with E-state index in [0.717, 1.165) is 12.8 Å². The van der Waals surface area contributed by atoms with Crippen LogP contribution in [-0.4, -0.2) is 11.2 Å². The lowest BCUT2D eigenvalue weighted by Gasteiger charge is -2.37. The minimum Gasteiger partial charge on any atom is -0.388 e. The molecule has 1 N–H and O–H groups in total. The number of allylic oxidation sites excluding steroid dienone is 2. The van der Waals surface area contributed by atoms with Crippen LogP contribution in [0.25, 0.3) is 6.08 Å². The molecule has 1 atom stereocenters. The summed E-state index contributed by atoms with van der Waals surface area (Å²) in [5, 5.41) is 10.2. The van der Waals surface area contributed by atoms with Crippen molar-refractivity contribution < 1.29 is 5.11 Å². The minimum atomic E-state index is -0.345. The smallest absolute Gasteiger partial charge is 0.0826 e. The SMILES string of the molecule is O[C@@H]1C=Cc2ccccc2C12CC=CC2. The average Bonchev–Trinajstić information content (AvgIpc) is 2.75.